The van der Waals surface area contributed by atoms with Crippen molar-refractivity contribution in [1.29, 1.82) is 0 Å². The quantitative estimate of drug-likeness (QED) is 0.613. The molecule has 1 N–H and O–H groups in total. The highest BCUT2D eigenvalue weighted by molar-refractivity contribution is 6.42. The summed E-state index contributed by atoms with van der Waals surface area (Å²) in [6, 6.07) is 11.3. The van der Waals surface area contributed by atoms with Crippen molar-refractivity contribution in [3.63, 3.8) is 0 Å². The summed E-state index contributed by atoms with van der Waals surface area (Å²) >= 11 is 12.0. The van der Waals surface area contributed by atoms with Crippen LogP contribution in [-0.2, 0) is 6.54 Å². The summed E-state index contributed by atoms with van der Waals surface area (Å²) in [7, 11) is 0. The number of para-hydroxylation sites is 1. The van der Waals surface area contributed by atoms with E-state index < -0.39 is 0 Å². The first-order valence-electron chi connectivity index (χ1n) is 6.32. The Labute approximate surface area is 129 Å². The minimum atomic E-state index is 0.494. The largest absolute Gasteiger partial charge is 0.340 e. The third kappa shape index (κ3) is 2.14. The van der Waals surface area contributed by atoms with Gasteiger partial charge in [-0.25, -0.2) is 9.67 Å². The summed E-state index contributed by atoms with van der Waals surface area (Å²) in [6.07, 6.45) is 0. The van der Waals surface area contributed by atoms with Crippen molar-refractivity contribution in [3.8, 4) is 0 Å². The average Bonchev–Trinajstić information content (AvgIpc) is 3.04. The van der Waals surface area contributed by atoms with Crippen LogP contribution in [0.3, 0.4) is 0 Å². The lowest BCUT2D eigenvalue weighted by Gasteiger charge is -1.98. The van der Waals surface area contributed by atoms with Crippen LogP contribution in [0.15, 0.2) is 36.4 Å². The highest BCUT2D eigenvalue weighted by Gasteiger charge is 2.09. The molecule has 7 heteroatoms. The predicted molar refractivity (Wildman–Crippen MR) is 82.7 cm³/mol. The monoisotopic (exact) mass is 317 g/mol. The fraction of sp³-hybridized carbons (Fsp3) is 0.0714. The number of hydrogen-bond acceptors (Lipinski definition) is 3. The smallest absolute Gasteiger partial charge is 0.129 e. The Hall–Kier alpha value is -2.11. The van der Waals surface area contributed by atoms with Crippen LogP contribution in [-0.4, -0.2) is 25.0 Å². The summed E-state index contributed by atoms with van der Waals surface area (Å²) in [5.74, 6) is 0.777. The van der Waals surface area contributed by atoms with Gasteiger partial charge in [0.2, 0.25) is 0 Å². The molecule has 2 heterocycles. The standard InChI is InChI=1S/C14H9Cl2N5/c15-8-5-11-12(6-9(8)16)18-14(17-11)7-21-13-4-2-1-3-10(13)19-20-21/h1-6H,7H2,(H,17,18). The molecule has 0 aliphatic rings. The number of nitrogens with zero attached hydrogens (tertiary/aromatic N) is 4. The summed E-state index contributed by atoms with van der Waals surface area (Å²) < 4.78 is 1.80. The Morgan fingerprint density at radius 1 is 1.05 bits per heavy atom. The molecule has 104 valence electrons. The Balaban J connectivity index is 1.77. The molecule has 0 atom stereocenters. The fourth-order valence-electron chi connectivity index (χ4n) is 2.31. The van der Waals surface area contributed by atoms with Crippen molar-refractivity contribution in [2.75, 3.05) is 0 Å². The van der Waals surface area contributed by atoms with Gasteiger partial charge in [0.05, 0.1) is 26.6 Å². The fourth-order valence-corrected chi connectivity index (χ4v) is 2.63. The molecule has 0 amide bonds. The highest BCUT2D eigenvalue weighted by atomic mass is 35.5. The summed E-state index contributed by atoms with van der Waals surface area (Å²) in [5, 5.41) is 9.28. The van der Waals surface area contributed by atoms with Gasteiger partial charge in [-0.15, -0.1) is 5.10 Å². The van der Waals surface area contributed by atoms with E-state index in [9.17, 15) is 0 Å². The molecule has 0 fully saturated rings. The molecule has 4 rings (SSSR count). The first-order chi connectivity index (χ1) is 10.2. The number of H-pyrrole nitrogens is 1. The molecule has 21 heavy (non-hydrogen) atoms. The van der Waals surface area contributed by atoms with Crippen molar-refractivity contribution >= 4 is 45.3 Å². The lowest BCUT2D eigenvalue weighted by molar-refractivity contribution is 0.650. The van der Waals surface area contributed by atoms with Gasteiger partial charge in [-0.05, 0) is 24.3 Å². The van der Waals surface area contributed by atoms with Gasteiger partial charge in [-0.1, -0.05) is 40.5 Å². The Bertz CT molecular complexity index is 917. The van der Waals surface area contributed by atoms with Gasteiger partial charge in [-0.2, -0.15) is 0 Å². The average molecular weight is 318 g/mol. The summed E-state index contributed by atoms with van der Waals surface area (Å²) in [4.78, 5) is 7.73. The molecule has 2 aromatic heterocycles. The maximum absolute atomic E-state index is 6.01. The number of aromatic amines is 1. The normalized spacial score (nSPS) is 11.5. The third-order valence-corrected chi connectivity index (χ3v) is 4.01. The molecule has 5 nitrogen and oxygen atoms in total. The number of nitrogens with one attached hydrogen (secondary N) is 1. The number of benzene rings is 2. The van der Waals surface area contributed by atoms with E-state index in [1.165, 1.54) is 0 Å². The van der Waals surface area contributed by atoms with Gasteiger partial charge >= 0.3 is 0 Å². The number of aromatic nitrogens is 5. The van der Waals surface area contributed by atoms with Crippen LogP contribution in [0.1, 0.15) is 5.82 Å². The highest BCUT2D eigenvalue weighted by Crippen LogP contribution is 2.26. The number of rotatable bonds is 2. The van der Waals surface area contributed by atoms with Gasteiger partial charge in [-0.3, -0.25) is 0 Å². The molecule has 0 aliphatic heterocycles. The van der Waals surface area contributed by atoms with E-state index in [1.54, 1.807) is 16.8 Å². The number of imidazole rings is 1. The zero-order valence-corrected chi connectivity index (χ0v) is 12.2. The van der Waals surface area contributed by atoms with Crippen molar-refractivity contribution in [2.24, 2.45) is 0 Å². The Morgan fingerprint density at radius 2 is 1.86 bits per heavy atom. The molecule has 0 spiro atoms. The SMILES string of the molecule is Clc1cc2nc(Cn3nnc4ccccc43)[nH]c2cc1Cl. The summed E-state index contributed by atoms with van der Waals surface area (Å²) in [5.41, 5.74) is 3.46. The second-order valence-electron chi connectivity index (χ2n) is 4.70. The van der Waals surface area contributed by atoms with E-state index in [0.717, 1.165) is 27.9 Å². The van der Waals surface area contributed by atoms with E-state index in [0.29, 0.717) is 16.6 Å². The van der Waals surface area contributed by atoms with E-state index in [2.05, 4.69) is 20.3 Å². The van der Waals surface area contributed by atoms with Crippen LogP contribution in [0, 0.1) is 0 Å². The minimum Gasteiger partial charge on any atom is -0.340 e. The second kappa shape index (κ2) is 4.72. The molecule has 0 radical (unpaired) electrons. The predicted octanol–water partition coefficient (Wildman–Crippen LogP) is 3.66. The van der Waals surface area contributed by atoms with Crippen LogP contribution in [0.2, 0.25) is 10.0 Å². The van der Waals surface area contributed by atoms with Crippen LogP contribution in [0.25, 0.3) is 22.1 Å². The number of hydrogen-bond donors (Lipinski definition) is 1. The number of fused-ring (bicyclic) bond motifs is 2. The van der Waals surface area contributed by atoms with Crippen molar-refractivity contribution < 1.29 is 0 Å². The van der Waals surface area contributed by atoms with Crippen LogP contribution in [0.5, 0.6) is 0 Å². The molecule has 0 aliphatic carbocycles. The lowest BCUT2D eigenvalue weighted by Crippen LogP contribution is -2.03. The van der Waals surface area contributed by atoms with Crippen LogP contribution < -0.4 is 0 Å². The van der Waals surface area contributed by atoms with Crippen molar-refractivity contribution in [1.82, 2.24) is 25.0 Å². The lowest BCUT2D eigenvalue weighted by atomic mass is 10.3. The molecule has 0 bridgehead atoms. The van der Waals surface area contributed by atoms with E-state index in [1.807, 2.05) is 24.3 Å². The maximum atomic E-state index is 6.01. The maximum Gasteiger partial charge on any atom is 0.129 e. The van der Waals surface area contributed by atoms with Crippen molar-refractivity contribution in [3.05, 3.63) is 52.3 Å². The molecule has 4 aromatic rings. The molecule has 0 saturated carbocycles. The van der Waals surface area contributed by atoms with Gasteiger partial charge in [0.25, 0.3) is 0 Å². The van der Waals surface area contributed by atoms with Crippen LogP contribution >= 0.6 is 23.2 Å². The Kier molecular flexibility index (Phi) is 2.83. The molecule has 2 aromatic carbocycles. The van der Waals surface area contributed by atoms with Gasteiger partial charge in [0.1, 0.15) is 17.9 Å². The summed E-state index contributed by atoms with van der Waals surface area (Å²) in [6.45, 7) is 0.504. The van der Waals surface area contributed by atoms with Crippen LogP contribution in [0.4, 0.5) is 0 Å². The first kappa shape index (κ1) is 12.6. The van der Waals surface area contributed by atoms with E-state index >= 15 is 0 Å². The topological polar surface area (TPSA) is 59.4 Å². The van der Waals surface area contributed by atoms with Crippen molar-refractivity contribution in [2.45, 2.75) is 6.54 Å². The molecular weight excluding hydrogens is 309 g/mol. The zero-order valence-electron chi connectivity index (χ0n) is 10.7. The number of halogens is 2. The molecule has 0 saturated heterocycles. The van der Waals surface area contributed by atoms with Gasteiger partial charge < -0.3 is 4.98 Å². The first-order valence-corrected chi connectivity index (χ1v) is 7.08. The van der Waals surface area contributed by atoms with E-state index in [4.69, 9.17) is 23.2 Å². The third-order valence-electron chi connectivity index (χ3n) is 3.29. The van der Waals surface area contributed by atoms with Gasteiger partial charge in [0, 0.05) is 0 Å². The minimum absolute atomic E-state index is 0.494. The molecular formula is C14H9Cl2N5. The Morgan fingerprint density at radius 3 is 2.76 bits per heavy atom. The zero-order chi connectivity index (χ0) is 14.4. The van der Waals surface area contributed by atoms with Gasteiger partial charge in [0.15, 0.2) is 0 Å². The second-order valence-corrected chi connectivity index (χ2v) is 5.52. The van der Waals surface area contributed by atoms with E-state index in [-0.39, 0.29) is 0 Å². The molecule has 0 unspecified atom stereocenters.